The van der Waals surface area contributed by atoms with Gasteiger partial charge < -0.3 is 18.5 Å². The molecule has 0 N–H and O–H groups in total. The van der Waals surface area contributed by atoms with Crippen LogP contribution < -0.4 is 20.6 Å². The quantitative estimate of drug-likeness (QED) is 0.155. The zero-order valence-electron chi connectivity index (χ0n) is 37.3. The van der Waals surface area contributed by atoms with E-state index in [1.54, 1.807) is 0 Å². The topological polar surface area (TPSA) is 32.8 Å². The first-order chi connectivity index (χ1) is 29.1. The van der Waals surface area contributed by atoms with Crippen LogP contribution in [-0.2, 0) is 21.7 Å². The summed E-state index contributed by atoms with van der Waals surface area (Å²) in [6.07, 6.45) is 7.13. The second kappa shape index (κ2) is 11.3. The van der Waals surface area contributed by atoms with Gasteiger partial charge in [-0.25, -0.2) is 0 Å². The van der Waals surface area contributed by atoms with Gasteiger partial charge in [0.15, 0.2) is 5.58 Å². The Kier molecular flexibility index (Phi) is 6.74. The molecule has 304 valence electrons. The fraction of sp³-hybridized carbons (Fsp3) is 0.357. The summed E-state index contributed by atoms with van der Waals surface area (Å²) in [5.41, 5.74) is 20.1. The summed E-state index contributed by atoms with van der Waals surface area (Å²) in [6, 6.07) is 37.3. The molecule has 61 heavy (non-hydrogen) atoms. The van der Waals surface area contributed by atoms with Crippen LogP contribution in [0.25, 0.3) is 55.0 Å². The molecule has 3 aliphatic heterocycles. The van der Waals surface area contributed by atoms with Crippen molar-refractivity contribution in [3.05, 3.63) is 119 Å². The summed E-state index contributed by atoms with van der Waals surface area (Å²) in [4.78, 5) is 5.49. The SMILES string of the molecule is CC(C)(C)c1cc2c3c(c1)C1(C)CCCCC1(C)N3c1c3c(cc4c1oc1ccccc14)-c1cc4c(cc1N(c1ccccc1)B23)oc1cc2c(cc14)C(C)(C)CCC2(C)C. The fourth-order valence-electron chi connectivity index (χ4n) is 13.2. The average Bonchev–Trinajstić information content (AvgIpc) is 3.85. The van der Waals surface area contributed by atoms with Crippen LogP contribution in [0.2, 0.25) is 0 Å². The van der Waals surface area contributed by atoms with Crippen molar-refractivity contribution >= 4 is 84.4 Å². The molecule has 2 aliphatic carbocycles. The predicted octanol–water partition coefficient (Wildman–Crippen LogP) is 14.1. The van der Waals surface area contributed by atoms with E-state index >= 15 is 0 Å². The van der Waals surface area contributed by atoms with Gasteiger partial charge >= 0.3 is 6.85 Å². The molecular formula is C56H55BN2O2. The second-order valence-corrected chi connectivity index (χ2v) is 22.3. The van der Waals surface area contributed by atoms with Crippen LogP contribution in [0.3, 0.4) is 0 Å². The lowest BCUT2D eigenvalue weighted by Crippen LogP contribution is -2.64. The molecule has 0 saturated heterocycles. The molecule has 5 heteroatoms. The number of anilines is 4. The Morgan fingerprint density at radius 3 is 2.02 bits per heavy atom. The lowest BCUT2D eigenvalue weighted by atomic mass is 9.43. The number of rotatable bonds is 1. The van der Waals surface area contributed by atoms with Crippen LogP contribution in [0.5, 0.6) is 0 Å². The standard InChI is InChI=1S/C56H55BN2O2/c1-52(2,3)32-25-42-49-43(26-32)57-48-38(28-39-34-19-13-14-20-45(34)61-51(39)50(48)58(49)56(9)22-16-15-21-55(42,56)8)35-27-36-37-29-40-41(54(6,7)24-23-53(40,4)5)30-46(37)60-47(36)31-44(35)59(57)33-17-11-10-12-18-33/h10-14,17-20,25-31H,15-16,21-24H2,1-9H3. The van der Waals surface area contributed by atoms with Gasteiger partial charge in [0.25, 0.3) is 0 Å². The molecule has 0 spiro atoms. The van der Waals surface area contributed by atoms with Crippen LogP contribution in [0.15, 0.2) is 106 Å². The molecule has 5 heterocycles. The molecule has 8 aromatic rings. The molecular weight excluding hydrogens is 743 g/mol. The molecule has 1 saturated carbocycles. The van der Waals surface area contributed by atoms with Crippen molar-refractivity contribution in [2.45, 2.75) is 128 Å². The Morgan fingerprint density at radius 1 is 0.574 bits per heavy atom. The Morgan fingerprint density at radius 2 is 1.25 bits per heavy atom. The lowest BCUT2D eigenvalue weighted by Gasteiger charge is -2.53. The van der Waals surface area contributed by atoms with Crippen LogP contribution in [-0.4, -0.2) is 12.4 Å². The minimum Gasteiger partial charge on any atom is -0.456 e. The van der Waals surface area contributed by atoms with E-state index in [0.717, 1.165) is 28.8 Å². The number of fused-ring (bicyclic) bond motifs is 15. The van der Waals surface area contributed by atoms with Crippen LogP contribution >= 0.6 is 0 Å². The van der Waals surface area contributed by atoms with Gasteiger partial charge in [0.1, 0.15) is 16.7 Å². The maximum Gasteiger partial charge on any atom is 0.333 e. The number of benzene rings is 6. The highest BCUT2D eigenvalue weighted by Crippen LogP contribution is 2.64. The maximum atomic E-state index is 7.19. The number of furan rings is 2. The molecule has 5 aliphatic rings. The smallest absolute Gasteiger partial charge is 0.333 e. The highest BCUT2D eigenvalue weighted by molar-refractivity contribution is 6.94. The van der Waals surface area contributed by atoms with Crippen molar-refractivity contribution in [1.29, 1.82) is 0 Å². The van der Waals surface area contributed by atoms with Crippen LogP contribution in [0.1, 0.15) is 123 Å². The minimum atomic E-state index is -0.132. The van der Waals surface area contributed by atoms with Gasteiger partial charge in [-0.15, -0.1) is 0 Å². The van der Waals surface area contributed by atoms with Gasteiger partial charge in [-0.2, -0.15) is 0 Å². The van der Waals surface area contributed by atoms with Gasteiger partial charge in [0.05, 0.1) is 11.2 Å². The molecule has 0 bridgehead atoms. The van der Waals surface area contributed by atoms with E-state index in [9.17, 15) is 0 Å². The molecule has 13 rings (SSSR count). The molecule has 2 atom stereocenters. The van der Waals surface area contributed by atoms with Gasteiger partial charge in [-0.05, 0) is 130 Å². The van der Waals surface area contributed by atoms with Crippen molar-refractivity contribution < 1.29 is 8.83 Å². The number of hydrogen-bond acceptors (Lipinski definition) is 4. The zero-order valence-corrected chi connectivity index (χ0v) is 37.3. The van der Waals surface area contributed by atoms with Crippen molar-refractivity contribution in [2.24, 2.45) is 0 Å². The Hall–Kier alpha value is -5.42. The number of nitrogens with zero attached hydrogens (tertiary/aromatic N) is 2. The summed E-state index contributed by atoms with van der Waals surface area (Å²) in [5, 5.41) is 4.78. The van der Waals surface area contributed by atoms with E-state index in [0.29, 0.717) is 0 Å². The van der Waals surface area contributed by atoms with Crippen molar-refractivity contribution in [1.82, 2.24) is 0 Å². The third-order valence-electron chi connectivity index (χ3n) is 17.0. The summed E-state index contributed by atoms with van der Waals surface area (Å²) < 4.78 is 14.2. The third-order valence-corrected chi connectivity index (χ3v) is 17.0. The first-order valence-electron chi connectivity index (χ1n) is 23.0. The first kappa shape index (κ1) is 36.3. The third kappa shape index (κ3) is 4.43. The minimum absolute atomic E-state index is 0.0287. The summed E-state index contributed by atoms with van der Waals surface area (Å²) in [6.45, 7) is 21.9. The van der Waals surface area contributed by atoms with E-state index in [-0.39, 0.29) is 34.0 Å². The average molecular weight is 799 g/mol. The Labute approximate surface area is 360 Å². The zero-order chi connectivity index (χ0) is 41.7. The largest absolute Gasteiger partial charge is 0.456 e. The normalized spacial score (nSPS) is 23.1. The van der Waals surface area contributed by atoms with Crippen LogP contribution in [0.4, 0.5) is 22.7 Å². The number of hydrogen-bond donors (Lipinski definition) is 0. The van der Waals surface area contributed by atoms with Crippen molar-refractivity contribution in [2.75, 3.05) is 9.71 Å². The second-order valence-electron chi connectivity index (χ2n) is 22.3. The summed E-state index contributed by atoms with van der Waals surface area (Å²) >= 11 is 0. The monoisotopic (exact) mass is 798 g/mol. The summed E-state index contributed by atoms with van der Waals surface area (Å²) in [7, 11) is 0. The molecule has 1 fully saturated rings. The lowest BCUT2D eigenvalue weighted by molar-refractivity contribution is 0.195. The Balaban J connectivity index is 1.21. The Bertz CT molecular complexity index is 3250. The maximum absolute atomic E-state index is 7.19. The highest BCUT2D eigenvalue weighted by atomic mass is 16.3. The predicted molar refractivity (Wildman–Crippen MR) is 257 cm³/mol. The van der Waals surface area contributed by atoms with Gasteiger partial charge in [0.2, 0.25) is 0 Å². The van der Waals surface area contributed by atoms with E-state index in [1.165, 1.54) is 121 Å². The molecule has 2 aromatic heterocycles. The summed E-state index contributed by atoms with van der Waals surface area (Å²) in [5.74, 6) is 0. The van der Waals surface area contributed by atoms with Crippen molar-refractivity contribution in [3.63, 3.8) is 0 Å². The highest BCUT2D eigenvalue weighted by Gasteiger charge is 2.62. The van der Waals surface area contributed by atoms with Crippen molar-refractivity contribution in [3.8, 4) is 11.1 Å². The molecule has 4 nitrogen and oxygen atoms in total. The van der Waals surface area contributed by atoms with Gasteiger partial charge in [-0.3, -0.25) is 0 Å². The van der Waals surface area contributed by atoms with E-state index in [1.807, 2.05) is 0 Å². The fourth-order valence-corrected chi connectivity index (χ4v) is 13.2. The van der Waals surface area contributed by atoms with Crippen LogP contribution in [0, 0.1) is 0 Å². The van der Waals surface area contributed by atoms with Gasteiger partial charge in [-0.1, -0.05) is 117 Å². The number of para-hydroxylation sites is 2. The first-order valence-corrected chi connectivity index (χ1v) is 23.0. The van der Waals surface area contributed by atoms with E-state index < -0.39 is 0 Å². The molecule has 0 radical (unpaired) electrons. The molecule has 0 amide bonds. The van der Waals surface area contributed by atoms with E-state index in [4.69, 9.17) is 8.83 Å². The molecule has 6 aromatic carbocycles. The van der Waals surface area contributed by atoms with E-state index in [2.05, 4.69) is 169 Å². The molecule has 2 unspecified atom stereocenters. The van der Waals surface area contributed by atoms with Gasteiger partial charge in [0, 0.05) is 55.7 Å².